The van der Waals surface area contributed by atoms with E-state index in [9.17, 15) is 0 Å². The second-order valence-corrected chi connectivity index (χ2v) is 6.26. The van der Waals surface area contributed by atoms with Crippen LogP contribution in [0, 0.1) is 6.92 Å². The molecular weight excluding hydrogens is 302 g/mol. The van der Waals surface area contributed by atoms with Crippen molar-refractivity contribution in [1.82, 2.24) is 29.4 Å². The number of rotatable bonds is 3. The molecule has 1 fully saturated rings. The maximum Gasteiger partial charge on any atom is 0.227 e. The first-order valence-electron chi connectivity index (χ1n) is 8.22. The summed E-state index contributed by atoms with van der Waals surface area (Å²) in [5, 5.41) is 0. The van der Waals surface area contributed by atoms with Crippen LogP contribution in [0.15, 0.2) is 30.9 Å². The van der Waals surface area contributed by atoms with Crippen LogP contribution in [-0.4, -0.2) is 55.6 Å². The molecule has 1 aliphatic rings. The van der Waals surface area contributed by atoms with Gasteiger partial charge >= 0.3 is 0 Å². The van der Waals surface area contributed by atoms with Crippen LogP contribution in [0.25, 0.3) is 11.2 Å². The fraction of sp³-hybridized carbons (Fsp3) is 0.412. The molecule has 1 aliphatic heterocycles. The summed E-state index contributed by atoms with van der Waals surface area (Å²) >= 11 is 0. The highest BCUT2D eigenvalue weighted by molar-refractivity contribution is 5.70. The van der Waals surface area contributed by atoms with Crippen molar-refractivity contribution in [1.29, 1.82) is 0 Å². The zero-order valence-corrected chi connectivity index (χ0v) is 14.1. The Morgan fingerprint density at radius 1 is 1.08 bits per heavy atom. The van der Waals surface area contributed by atoms with Crippen LogP contribution < -0.4 is 4.90 Å². The highest BCUT2D eigenvalue weighted by Gasteiger charge is 2.20. The number of aromatic nitrogens is 5. The number of hydrogen-bond acceptors (Lipinski definition) is 6. The molecule has 7 nitrogen and oxygen atoms in total. The van der Waals surface area contributed by atoms with Crippen LogP contribution in [-0.2, 0) is 13.6 Å². The van der Waals surface area contributed by atoms with E-state index >= 15 is 0 Å². The van der Waals surface area contributed by atoms with Gasteiger partial charge in [-0.2, -0.15) is 4.98 Å². The molecule has 0 N–H and O–H groups in total. The van der Waals surface area contributed by atoms with E-state index in [2.05, 4.69) is 42.7 Å². The molecule has 124 valence electrons. The van der Waals surface area contributed by atoms with Gasteiger partial charge in [-0.1, -0.05) is 6.07 Å². The molecule has 1 saturated heterocycles. The van der Waals surface area contributed by atoms with Gasteiger partial charge in [-0.05, 0) is 18.6 Å². The van der Waals surface area contributed by atoms with Crippen molar-refractivity contribution < 1.29 is 0 Å². The fourth-order valence-corrected chi connectivity index (χ4v) is 3.06. The van der Waals surface area contributed by atoms with Gasteiger partial charge in [0, 0.05) is 46.0 Å². The van der Waals surface area contributed by atoms with Gasteiger partial charge in [-0.3, -0.25) is 9.88 Å². The number of piperazine rings is 1. The lowest BCUT2D eigenvalue weighted by Crippen LogP contribution is -2.46. The molecule has 3 aromatic heterocycles. The van der Waals surface area contributed by atoms with Crippen LogP contribution in [0.4, 0.5) is 5.95 Å². The van der Waals surface area contributed by atoms with Gasteiger partial charge in [0.2, 0.25) is 5.95 Å². The van der Waals surface area contributed by atoms with Crippen molar-refractivity contribution in [3.63, 3.8) is 0 Å². The molecular formula is C17H21N7. The number of imidazole rings is 1. The SMILES string of the molecule is Cc1cccnc1CN1CCN(c2ncc3c(ncn3C)n2)CC1. The van der Waals surface area contributed by atoms with Gasteiger partial charge in [-0.25, -0.2) is 9.97 Å². The Morgan fingerprint density at radius 2 is 1.92 bits per heavy atom. The molecule has 0 aromatic carbocycles. The van der Waals surface area contributed by atoms with E-state index in [0.717, 1.165) is 55.5 Å². The lowest BCUT2D eigenvalue weighted by molar-refractivity contribution is 0.245. The maximum absolute atomic E-state index is 4.59. The molecule has 4 heterocycles. The quantitative estimate of drug-likeness (QED) is 0.726. The summed E-state index contributed by atoms with van der Waals surface area (Å²) in [6.07, 6.45) is 5.50. The van der Waals surface area contributed by atoms with Crippen LogP contribution >= 0.6 is 0 Å². The number of pyridine rings is 1. The molecule has 0 aliphatic carbocycles. The standard InChI is InChI=1S/C17H21N7/c1-13-4-3-5-18-14(13)11-23-6-8-24(9-7-23)17-19-10-15-16(21-17)20-12-22(15)2/h3-5,10,12H,6-9,11H2,1-2H3. The molecule has 0 saturated carbocycles. The molecule has 0 amide bonds. The van der Waals surface area contributed by atoms with Crippen LogP contribution in [0.3, 0.4) is 0 Å². The summed E-state index contributed by atoms with van der Waals surface area (Å²) in [6, 6.07) is 4.11. The molecule has 0 spiro atoms. The van der Waals surface area contributed by atoms with Crippen molar-refractivity contribution in [2.75, 3.05) is 31.1 Å². The molecule has 3 aromatic rings. The fourth-order valence-electron chi connectivity index (χ4n) is 3.06. The van der Waals surface area contributed by atoms with Crippen LogP contribution in [0.1, 0.15) is 11.3 Å². The number of hydrogen-bond donors (Lipinski definition) is 0. The zero-order valence-electron chi connectivity index (χ0n) is 14.1. The molecule has 4 rings (SSSR count). The summed E-state index contributed by atoms with van der Waals surface area (Å²) in [5.74, 6) is 0.773. The second kappa shape index (κ2) is 6.16. The largest absolute Gasteiger partial charge is 0.338 e. The van der Waals surface area contributed by atoms with Crippen molar-refractivity contribution >= 4 is 17.1 Å². The summed E-state index contributed by atoms with van der Waals surface area (Å²) in [4.78, 5) is 22.6. The monoisotopic (exact) mass is 323 g/mol. The molecule has 0 unspecified atom stereocenters. The third kappa shape index (κ3) is 2.82. The van der Waals surface area contributed by atoms with Gasteiger partial charge in [0.25, 0.3) is 0 Å². The van der Waals surface area contributed by atoms with Crippen molar-refractivity contribution in [3.05, 3.63) is 42.1 Å². The van der Waals surface area contributed by atoms with Crippen LogP contribution in [0.2, 0.25) is 0 Å². The summed E-state index contributed by atoms with van der Waals surface area (Å²) < 4.78 is 1.94. The first-order chi connectivity index (χ1) is 11.7. The summed E-state index contributed by atoms with van der Waals surface area (Å²) in [5.41, 5.74) is 4.14. The van der Waals surface area contributed by atoms with E-state index in [-0.39, 0.29) is 0 Å². The lowest BCUT2D eigenvalue weighted by Gasteiger charge is -2.34. The van der Waals surface area contributed by atoms with Crippen molar-refractivity contribution in [2.24, 2.45) is 7.05 Å². The van der Waals surface area contributed by atoms with Gasteiger partial charge in [0.1, 0.15) is 5.52 Å². The third-order valence-corrected chi connectivity index (χ3v) is 4.62. The predicted molar refractivity (Wildman–Crippen MR) is 92.8 cm³/mol. The Morgan fingerprint density at radius 3 is 2.71 bits per heavy atom. The Hall–Kier alpha value is -2.54. The Bertz CT molecular complexity index is 849. The predicted octanol–water partition coefficient (Wildman–Crippen LogP) is 1.39. The minimum atomic E-state index is 0.758. The van der Waals surface area contributed by atoms with Gasteiger partial charge in [0.05, 0.1) is 18.2 Å². The van der Waals surface area contributed by atoms with E-state index in [4.69, 9.17) is 0 Å². The van der Waals surface area contributed by atoms with Crippen molar-refractivity contribution in [2.45, 2.75) is 13.5 Å². The number of fused-ring (bicyclic) bond motifs is 1. The minimum absolute atomic E-state index is 0.758. The van der Waals surface area contributed by atoms with Gasteiger partial charge in [-0.15, -0.1) is 0 Å². The van der Waals surface area contributed by atoms with E-state index < -0.39 is 0 Å². The van der Waals surface area contributed by atoms with Crippen molar-refractivity contribution in [3.8, 4) is 0 Å². The summed E-state index contributed by atoms with van der Waals surface area (Å²) in [6.45, 7) is 6.84. The highest BCUT2D eigenvalue weighted by Crippen LogP contribution is 2.16. The minimum Gasteiger partial charge on any atom is -0.338 e. The lowest BCUT2D eigenvalue weighted by atomic mass is 10.2. The average molecular weight is 323 g/mol. The number of aryl methyl sites for hydroxylation is 2. The molecule has 0 atom stereocenters. The Labute approximate surface area is 141 Å². The topological polar surface area (TPSA) is 63.0 Å². The first-order valence-corrected chi connectivity index (χ1v) is 8.22. The number of anilines is 1. The van der Waals surface area contributed by atoms with Gasteiger partial charge < -0.3 is 9.47 Å². The average Bonchev–Trinajstić information content (AvgIpc) is 2.98. The maximum atomic E-state index is 4.59. The molecule has 0 radical (unpaired) electrons. The highest BCUT2D eigenvalue weighted by atomic mass is 15.3. The first kappa shape index (κ1) is 15.0. The number of nitrogens with zero attached hydrogens (tertiary/aromatic N) is 7. The normalized spacial score (nSPS) is 16.0. The summed E-state index contributed by atoms with van der Waals surface area (Å²) in [7, 11) is 1.96. The Kier molecular flexibility index (Phi) is 3.86. The smallest absolute Gasteiger partial charge is 0.227 e. The van der Waals surface area contributed by atoms with E-state index in [1.54, 1.807) is 6.33 Å². The second-order valence-electron chi connectivity index (χ2n) is 6.26. The molecule has 24 heavy (non-hydrogen) atoms. The molecule has 7 heteroatoms. The van der Waals surface area contributed by atoms with Gasteiger partial charge in [0.15, 0.2) is 5.65 Å². The van der Waals surface area contributed by atoms with E-state index in [0.29, 0.717) is 0 Å². The third-order valence-electron chi connectivity index (χ3n) is 4.62. The van der Waals surface area contributed by atoms with Crippen LogP contribution in [0.5, 0.6) is 0 Å². The Balaban J connectivity index is 1.42. The molecule has 0 bridgehead atoms. The van der Waals surface area contributed by atoms with E-state index in [1.807, 2.05) is 30.1 Å². The van der Waals surface area contributed by atoms with E-state index in [1.165, 1.54) is 5.56 Å². The zero-order chi connectivity index (χ0) is 16.5.